The molecule has 0 aliphatic carbocycles. The molecule has 2 aliphatic heterocycles. The van der Waals surface area contributed by atoms with Gasteiger partial charge >= 0.3 is 5.97 Å². The van der Waals surface area contributed by atoms with Gasteiger partial charge in [0.15, 0.2) is 0 Å². The molecule has 1 aromatic carbocycles. The maximum absolute atomic E-state index is 12.2. The van der Waals surface area contributed by atoms with E-state index in [1.165, 1.54) is 45.2 Å². The third-order valence-electron chi connectivity index (χ3n) is 5.02. The maximum Gasteiger partial charge on any atom is 0.338 e. The van der Waals surface area contributed by atoms with Gasteiger partial charge in [-0.25, -0.2) is 4.79 Å². The number of fused-ring (bicyclic) bond motifs is 1. The average molecular weight is 580 g/mol. The molecule has 1 aromatic rings. The predicted molar refractivity (Wildman–Crippen MR) is 123 cm³/mol. The van der Waals surface area contributed by atoms with Crippen molar-refractivity contribution in [3.05, 3.63) is 55.6 Å². The molecule has 2 aliphatic rings. The van der Waals surface area contributed by atoms with Crippen molar-refractivity contribution in [3.8, 4) is 0 Å². The van der Waals surface area contributed by atoms with Gasteiger partial charge in [0, 0.05) is 28.7 Å². The Morgan fingerprint density at radius 1 is 0.944 bits per heavy atom. The zero-order valence-corrected chi connectivity index (χ0v) is 20.7. The van der Waals surface area contributed by atoms with Gasteiger partial charge in [0.1, 0.15) is 0 Å². The Hall–Kier alpha value is -2.68. The molecular formula is C18H39CoN3O14. The summed E-state index contributed by atoms with van der Waals surface area (Å²) in [7, 11) is 0. The van der Waals surface area contributed by atoms with Crippen LogP contribution in [0.5, 0.6) is 0 Å². The zero-order valence-electron chi connectivity index (χ0n) is 19.6. The van der Waals surface area contributed by atoms with Crippen LogP contribution in [0.15, 0.2) is 24.3 Å². The molecule has 2 fully saturated rings. The topological polar surface area (TPSA) is 345 Å². The molecule has 17 nitrogen and oxygen atoms in total. The van der Waals surface area contributed by atoms with E-state index in [0.717, 1.165) is 5.56 Å². The molecular weight excluding hydrogens is 541 g/mol. The molecule has 18 heteroatoms. The fourth-order valence-corrected chi connectivity index (χ4v) is 3.83. The summed E-state index contributed by atoms with van der Waals surface area (Å²) >= 11 is 0. The molecule has 14 N–H and O–H groups in total. The smallest absolute Gasteiger partial charge is 0.338 e. The van der Waals surface area contributed by atoms with Crippen molar-refractivity contribution >= 4 is 5.97 Å². The van der Waals surface area contributed by atoms with Crippen LogP contribution in [0.25, 0.3) is 0 Å². The minimum Gasteiger partial charge on any atom is -0.462 e. The number of carbonyl (C=O) groups excluding carboxylic acids is 1. The Morgan fingerprint density at radius 2 is 1.42 bits per heavy atom. The number of benzene rings is 1. The molecule has 0 bridgehead atoms. The van der Waals surface area contributed by atoms with Crippen molar-refractivity contribution in [2.24, 2.45) is 5.92 Å². The van der Waals surface area contributed by atoms with Crippen molar-refractivity contribution < 1.29 is 79.8 Å². The Kier molecular flexibility index (Phi) is 37.6. The quantitative estimate of drug-likeness (QED) is 0.221. The summed E-state index contributed by atoms with van der Waals surface area (Å²) in [6.45, 7) is 4.99. The van der Waals surface area contributed by atoms with E-state index < -0.39 is 10.2 Å². The van der Waals surface area contributed by atoms with Crippen LogP contribution in [0.2, 0.25) is 0 Å². The first kappa shape index (κ1) is 50.2. The predicted octanol–water partition coefficient (Wildman–Crippen LogP) is -2.23. The third-order valence-corrected chi connectivity index (χ3v) is 5.02. The molecule has 0 saturated carbocycles. The van der Waals surface area contributed by atoms with Crippen LogP contribution in [-0.4, -0.2) is 90.1 Å². The third kappa shape index (κ3) is 19.6. The SMILES string of the molecule is Cc1ccccc1C(=O)OCC1CCCN2CCCCC12.O.O.O.O.O.O.O=[N+]([O-])O.O=[N+]([O-])O.[Co]. The summed E-state index contributed by atoms with van der Waals surface area (Å²) < 4.78 is 5.63. The second kappa shape index (κ2) is 26.9. The maximum atomic E-state index is 12.2. The van der Waals surface area contributed by atoms with E-state index in [2.05, 4.69) is 4.90 Å². The Labute approximate surface area is 217 Å². The van der Waals surface area contributed by atoms with E-state index in [0.29, 0.717) is 24.1 Å². The fraction of sp³-hybridized carbons (Fsp3) is 0.611. The van der Waals surface area contributed by atoms with Crippen LogP contribution >= 0.6 is 0 Å². The van der Waals surface area contributed by atoms with Crippen molar-refractivity contribution in [1.82, 2.24) is 4.90 Å². The molecule has 219 valence electrons. The fourth-order valence-electron chi connectivity index (χ4n) is 3.83. The van der Waals surface area contributed by atoms with Gasteiger partial charge in [-0.05, 0) is 57.3 Å². The number of nitrogens with zero attached hydrogens (tertiary/aromatic N) is 3. The average Bonchev–Trinajstić information content (AvgIpc) is 2.65. The van der Waals surface area contributed by atoms with Crippen molar-refractivity contribution in [3.63, 3.8) is 0 Å². The van der Waals surface area contributed by atoms with Crippen LogP contribution < -0.4 is 0 Å². The number of rotatable bonds is 3. The van der Waals surface area contributed by atoms with Crippen molar-refractivity contribution in [1.29, 1.82) is 0 Å². The largest absolute Gasteiger partial charge is 0.462 e. The monoisotopic (exact) mass is 580 g/mol. The number of esters is 1. The van der Waals surface area contributed by atoms with E-state index in [1.807, 2.05) is 31.2 Å². The summed E-state index contributed by atoms with van der Waals surface area (Å²) in [6, 6.07) is 8.29. The molecule has 2 atom stereocenters. The Bertz CT molecular complexity index is 679. The van der Waals surface area contributed by atoms with Gasteiger partial charge in [-0.1, -0.05) is 24.6 Å². The summed E-state index contributed by atoms with van der Waals surface area (Å²) in [5.41, 5.74) is 1.69. The molecule has 1 radical (unpaired) electrons. The van der Waals surface area contributed by atoms with Crippen LogP contribution in [0.3, 0.4) is 0 Å². The van der Waals surface area contributed by atoms with Crippen LogP contribution in [0.4, 0.5) is 0 Å². The molecule has 3 rings (SSSR count). The normalized spacial score (nSPS) is 16.6. The number of carbonyl (C=O) groups is 1. The first-order valence-corrected chi connectivity index (χ1v) is 9.35. The molecule has 0 amide bonds. The molecule has 0 spiro atoms. The molecule has 0 aromatic heterocycles. The van der Waals surface area contributed by atoms with Gasteiger partial charge in [-0.2, -0.15) is 0 Å². The number of piperidine rings is 2. The second-order valence-corrected chi connectivity index (χ2v) is 6.89. The van der Waals surface area contributed by atoms with Crippen LogP contribution in [0.1, 0.15) is 48.0 Å². The molecule has 36 heavy (non-hydrogen) atoms. The van der Waals surface area contributed by atoms with Gasteiger partial charge in [-0.15, -0.1) is 20.2 Å². The standard InChI is InChI=1S/C18H25NO2.Co.2HNO3.6H2O/c1-14-7-2-3-9-16(14)18(20)21-13-15-8-6-12-19-11-5-4-10-17(15)19;;2*2-1(3)4;;;;;;/h2-3,7,9,15,17H,4-6,8,10-13H2,1H3;;2*(H,2,3,4);6*1H2. The Balaban J connectivity index is -0.0000000998. The number of hydrogen-bond donors (Lipinski definition) is 2. The van der Waals surface area contributed by atoms with Crippen LogP contribution in [0, 0.1) is 33.1 Å². The summed E-state index contributed by atoms with van der Waals surface area (Å²) in [5.74, 6) is 0.355. The number of ether oxygens (including phenoxy) is 1. The van der Waals surface area contributed by atoms with E-state index in [1.54, 1.807) is 0 Å². The van der Waals surface area contributed by atoms with E-state index in [4.69, 9.17) is 35.4 Å². The van der Waals surface area contributed by atoms with Gasteiger partial charge in [0.05, 0.1) is 12.2 Å². The zero-order chi connectivity index (χ0) is 21.8. The Morgan fingerprint density at radius 3 is 1.92 bits per heavy atom. The first-order valence-electron chi connectivity index (χ1n) is 9.35. The van der Waals surface area contributed by atoms with Gasteiger partial charge < -0.3 is 48.0 Å². The van der Waals surface area contributed by atoms with Gasteiger partial charge in [-0.3, -0.25) is 4.90 Å². The summed E-state index contributed by atoms with van der Waals surface area (Å²) in [5, 5.41) is 27.3. The second-order valence-electron chi connectivity index (χ2n) is 6.89. The van der Waals surface area contributed by atoms with Crippen LogP contribution in [-0.2, 0) is 21.5 Å². The van der Waals surface area contributed by atoms with E-state index in [9.17, 15) is 4.79 Å². The minimum atomic E-state index is -1.50. The molecule has 2 heterocycles. The number of hydrogen-bond acceptors (Lipinski definition) is 7. The number of aryl methyl sites for hydroxylation is 1. The van der Waals surface area contributed by atoms with Crippen molar-refractivity contribution in [2.45, 2.75) is 45.1 Å². The van der Waals surface area contributed by atoms with Crippen molar-refractivity contribution in [2.75, 3.05) is 19.7 Å². The van der Waals surface area contributed by atoms with E-state index in [-0.39, 0.29) is 55.6 Å². The summed E-state index contributed by atoms with van der Waals surface area (Å²) in [4.78, 5) is 31.6. The summed E-state index contributed by atoms with van der Waals surface area (Å²) in [6.07, 6.45) is 6.35. The van der Waals surface area contributed by atoms with Gasteiger partial charge in [0.25, 0.3) is 10.2 Å². The first-order chi connectivity index (χ1) is 13.7. The van der Waals surface area contributed by atoms with E-state index >= 15 is 0 Å². The minimum absolute atomic E-state index is 0. The van der Waals surface area contributed by atoms with Gasteiger partial charge in [0.2, 0.25) is 0 Å². The molecule has 2 saturated heterocycles. The molecule has 2 unspecified atom stereocenters.